The van der Waals surface area contributed by atoms with Gasteiger partial charge in [0, 0.05) is 12.6 Å². The van der Waals surface area contributed by atoms with Gasteiger partial charge in [-0.3, -0.25) is 9.78 Å². The molecule has 0 spiro atoms. The van der Waals surface area contributed by atoms with E-state index in [-0.39, 0.29) is 12.3 Å². The van der Waals surface area contributed by atoms with Crippen molar-refractivity contribution >= 4 is 17.6 Å². The Labute approximate surface area is 124 Å². The minimum atomic E-state index is -1.21. The van der Waals surface area contributed by atoms with Crippen molar-refractivity contribution in [1.29, 1.82) is 0 Å². The van der Waals surface area contributed by atoms with Crippen LogP contribution in [0.2, 0.25) is 0 Å². The van der Waals surface area contributed by atoms with Crippen LogP contribution in [0.25, 0.3) is 0 Å². The fraction of sp³-hybridized carbons (Fsp3) is 0.500. The Morgan fingerprint density at radius 1 is 1.48 bits per heavy atom. The number of hydrogen-bond donors (Lipinski definition) is 3. The van der Waals surface area contributed by atoms with Crippen molar-refractivity contribution in [2.45, 2.75) is 18.9 Å². The minimum absolute atomic E-state index is 0.119. The van der Waals surface area contributed by atoms with Crippen molar-refractivity contribution < 1.29 is 24.9 Å². The quantitative estimate of drug-likeness (QED) is 0.414. The Morgan fingerprint density at radius 2 is 2.24 bits per heavy atom. The summed E-state index contributed by atoms with van der Waals surface area (Å²) in [5, 5.41) is 15.3. The number of nitrogens with two attached hydrogens (primary N) is 1. The van der Waals surface area contributed by atoms with Gasteiger partial charge < -0.3 is 25.4 Å². The Kier molecular flexibility index (Phi) is 7.34. The minimum Gasteiger partial charge on any atom is -0.544 e. The van der Waals surface area contributed by atoms with Crippen molar-refractivity contribution in [3.63, 3.8) is 0 Å². The van der Waals surface area contributed by atoms with Gasteiger partial charge in [-0.15, -0.1) is 0 Å². The van der Waals surface area contributed by atoms with E-state index in [0.29, 0.717) is 12.2 Å². The fourth-order valence-corrected chi connectivity index (χ4v) is 1.89. The molecule has 0 aliphatic rings. The summed E-state index contributed by atoms with van der Waals surface area (Å²) in [6, 6.07) is 2.53. The Hall–Kier alpha value is -1.99. The lowest BCUT2D eigenvalue weighted by molar-refractivity contribution is -0.860. The molecule has 1 aromatic rings. The topological polar surface area (TPSA) is 103 Å². The van der Waals surface area contributed by atoms with Gasteiger partial charge in [-0.25, -0.2) is 0 Å². The van der Waals surface area contributed by atoms with E-state index in [0.717, 1.165) is 13.0 Å². The molecule has 0 unspecified atom stereocenters. The number of nitrogens with one attached hydrogen (secondary N) is 2. The van der Waals surface area contributed by atoms with Gasteiger partial charge in [0.15, 0.2) is 0 Å². The van der Waals surface area contributed by atoms with Crippen molar-refractivity contribution in [1.82, 2.24) is 4.98 Å². The maximum atomic E-state index is 11.8. The molecule has 0 aliphatic carbocycles. The maximum Gasteiger partial charge on any atom is 0.230 e. The second-order valence-corrected chi connectivity index (χ2v) is 5.25. The fourth-order valence-electron chi connectivity index (χ4n) is 1.89. The van der Waals surface area contributed by atoms with Crippen molar-refractivity contribution in [3.8, 4) is 0 Å². The maximum absolute atomic E-state index is 11.8. The highest BCUT2D eigenvalue weighted by Crippen LogP contribution is 2.03. The van der Waals surface area contributed by atoms with Crippen LogP contribution in [0.3, 0.4) is 0 Å². The molecule has 0 bridgehead atoms. The van der Waals surface area contributed by atoms with E-state index in [2.05, 4.69) is 10.3 Å². The number of quaternary nitrogens is 2. The normalized spacial score (nSPS) is 12.1. The van der Waals surface area contributed by atoms with Crippen molar-refractivity contribution in [2.24, 2.45) is 0 Å². The lowest BCUT2D eigenvalue weighted by atomic mass is 10.2. The van der Waals surface area contributed by atoms with Gasteiger partial charge >= 0.3 is 0 Å². The highest BCUT2D eigenvalue weighted by Gasteiger charge is 2.18. The van der Waals surface area contributed by atoms with E-state index in [9.17, 15) is 14.7 Å². The molecule has 0 radical (unpaired) electrons. The molecule has 1 heterocycles. The summed E-state index contributed by atoms with van der Waals surface area (Å²) in [5.74, 6) is -1.57. The number of carboxylic acid groups (broad SMARTS) is 1. The van der Waals surface area contributed by atoms with Gasteiger partial charge in [-0.1, -0.05) is 0 Å². The summed E-state index contributed by atoms with van der Waals surface area (Å²) < 4.78 is 0. The summed E-state index contributed by atoms with van der Waals surface area (Å²) in [7, 11) is 4.08. The number of anilines is 1. The van der Waals surface area contributed by atoms with Crippen LogP contribution in [0.15, 0.2) is 24.5 Å². The molecular formula is C14H23N4O3+. The number of carbonyl (C=O) groups is 2. The lowest BCUT2D eigenvalue weighted by Crippen LogP contribution is -3.06. The third kappa shape index (κ3) is 7.38. The van der Waals surface area contributed by atoms with Crippen LogP contribution in [0.5, 0.6) is 0 Å². The third-order valence-corrected chi connectivity index (χ3v) is 2.99. The number of hydrogen-bond acceptors (Lipinski definition) is 4. The van der Waals surface area contributed by atoms with E-state index in [1.54, 1.807) is 23.6 Å². The molecule has 0 fully saturated rings. The number of rotatable bonds is 9. The van der Waals surface area contributed by atoms with Crippen LogP contribution >= 0.6 is 0 Å². The summed E-state index contributed by atoms with van der Waals surface area (Å²) in [5.41, 5.74) is 0.552. The monoisotopic (exact) mass is 295 g/mol. The zero-order chi connectivity index (χ0) is 15.7. The van der Waals surface area contributed by atoms with E-state index in [4.69, 9.17) is 0 Å². The summed E-state index contributed by atoms with van der Waals surface area (Å²) in [6.45, 7) is 1.61. The number of carbonyl (C=O) groups excluding carboxylic acids is 2. The lowest BCUT2D eigenvalue weighted by Gasteiger charge is -2.16. The zero-order valence-electron chi connectivity index (χ0n) is 12.5. The van der Waals surface area contributed by atoms with E-state index < -0.39 is 12.0 Å². The molecular weight excluding hydrogens is 272 g/mol. The molecule has 1 amide bonds. The smallest absolute Gasteiger partial charge is 0.230 e. The SMILES string of the molecule is C[NH+](C)CCC[NH2+][C@@H](CC(=O)Nc1cccnc1)C(=O)[O-]. The number of carboxylic acids is 1. The van der Waals surface area contributed by atoms with E-state index >= 15 is 0 Å². The van der Waals surface area contributed by atoms with Crippen LogP contribution < -0.4 is 20.6 Å². The van der Waals surface area contributed by atoms with Crippen LogP contribution in [0, 0.1) is 0 Å². The third-order valence-electron chi connectivity index (χ3n) is 2.99. The Morgan fingerprint density at radius 3 is 2.81 bits per heavy atom. The number of nitrogens with zero attached hydrogens (tertiary/aromatic N) is 1. The van der Waals surface area contributed by atoms with E-state index in [1.165, 1.54) is 11.1 Å². The molecule has 7 heteroatoms. The van der Waals surface area contributed by atoms with Crippen LogP contribution in [-0.4, -0.2) is 50.1 Å². The number of aromatic nitrogens is 1. The van der Waals surface area contributed by atoms with Crippen LogP contribution in [0.1, 0.15) is 12.8 Å². The zero-order valence-corrected chi connectivity index (χ0v) is 12.5. The van der Waals surface area contributed by atoms with Crippen LogP contribution in [0.4, 0.5) is 5.69 Å². The molecule has 116 valence electrons. The number of pyridine rings is 1. The molecule has 21 heavy (non-hydrogen) atoms. The van der Waals surface area contributed by atoms with Crippen LogP contribution in [-0.2, 0) is 9.59 Å². The number of aliphatic carboxylic acids is 1. The van der Waals surface area contributed by atoms with E-state index in [1.807, 2.05) is 14.1 Å². The second kappa shape index (κ2) is 9.04. The first-order chi connectivity index (χ1) is 9.99. The average molecular weight is 295 g/mol. The average Bonchev–Trinajstić information content (AvgIpc) is 2.42. The Bertz CT molecular complexity index is 451. The summed E-state index contributed by atoms with van der Waals surface area (Å²) >= 11 is 0. The van der Waals surface area contributed by atoms with Gasteiger partial charge in [0.2, 0.25) is 5.91 Å². The standard InChI is InChI=1S/C14H22N4O3/c1-18(2)8-4-7-16-12(14(20)21)9-13(19)17-11-5-3-6-15-10-11/h3,5-6,10,12,16H,4,7-9H2,1-2H3,(H,17,19)(H,20,21)/p+1/t12-/m0/s1. The molecule has 0 aromatic carbocycles. The van der Waals surface area contributed by atoms with Gasteiger partial charge in [-0.05, 0) is 12.1 Å². The first-order valence-corrected chi connectivity index (χ1v) is 7.02. The van der Waals surface area contributed by atoms with Gasteiger partial charge in [0.25, 0.3) is 0 Å². The highest BCUT2D eigenvalue weighted by molar-refractivity contribution is 5.93. The molecule has 0 aliphatic heterocycles. The van der Waals surface area contributed by atoms with Gasteiger partial charge in [0.05, 0.1) is 51.5 Å². The summed E-state index contributed by atoms with van der Waals surface area (Å²) in [4.78, 5) is 28.1. The Balaban J connectivity index is 2.39. The molecule has 1 aromatic heterocycles. The molecule has 7 nitrogen and oxygen atoms in total. The first kappa shape index (κ1) is 17.1. The molecule has 1 atom stereocenters. The predicted molar refractivity (Wildman–Crippen MR) is 75.4 cm³/mol. The predicted octanol–water partition coefficient (Wildman–Crippen LogP) is -3.37. The van der Waals surface area contributed by atoms with Gasteiger partial charge in [0.1, 0.15) is 6.04 Å². The molecule has 1 rings (SSSR count). The highest BCUT2D eigenvalue weighted by atomic mass is 16.4. The summed E-state index contributed by atoms with van der Waals surface area (Å²) in [6.07, 6.45) is 3.87. The molecule has 0 saturated carbocycles. The molecule has 0 saturated heterocycles. The van der Waals surface area contributed by atoms with Crippen molar-refractivity contribution in [3.05, 3.63) is 24.5 Å². The largest absolute Gasteiger partial charge is 0.544 e. The number of amides is 1. The second-order valence-electron chi connectivity index (χ2n) is 5.25. The molecule has 4 N–H and O–H groups in total. The first-order valence-electron chi connectivity index (χ1n) is 7.02. The van der Waals surface area contributed by atoms with Crippen molar-refractivity contribution in [2.75, 3.05) is 32.5 Å². The van der Waals surface area contributed by atoms with Gasteiger partial charge in [-0.2, -0.15) is 0 Å².